The summed E-state index contributed by atoms with van der Waals surface area (Å²) >= 11 is 6.61. The van der Waals surface area contributed by atoms with Gasteiger partial charge in [-0.05, 0) is 24.6 Å². The summed E-state index contributed by atoms with van der Waals surface area (Å²) in [7, 11) is -2.05. The van der Waals surface area contributed by atoms with Crippen molar-refractivity contribution in [2.75, 3.05) is 20.2 Å². The fourth-order valence-corrected chi connectivity index (χ4v) is 4.29. The van der Waals surface area contributed by atoms with E-state index in [0.717, 1.165) is 22.6 Å². The average molecular weight is 347 g/mol. The van der Waals surface area contributed by atoms with E-state index < -0.39 is 10.0 Å². The SMILES string of the molecule is Cc1cccc(OCCN(C)S(=O)(=O)c2cnc(Cl)s2)c1. The summed E-state index contributed by atoms with van der Waals surface area (Å²) in [4.78, 5) is 3.75. The molecule has 1 heterocycles. The second-order valence-corrected chi connectivity index (χ2v) is 8.31. The number of thiazole rings is 1. The maximum absolute atomic E-state index is 12.2. The Balaban J connectivity index is 1.94. The lowest BCUT2D eigenvalue weighted by molar-refractivity contribution is 0.287. The van der Waals surface area contributed by atoms with E-state index >= 15 is 0 Å². The number of aromatic nitrogens is 1. The maximum atomic E-state index is 12.2. The molecule has 1 aromatic carbocycles. The van der Waals surface area contributed by atoms with Gasteiger partial charge >= 0.3 is 0 Å². The Labute approximate surface area is 133 Å². The lowest BCUT2D eigenvalue weighted by atomic mass is 10.2. The molecule has 0 bridgehead atoms. The van der Waals surface area contributed by atoms with Crippen LogP contribution in [0.25, 0.3) is 0 Å². The van der Waals surface area contributed by atoms with Crippen molar-refractivity contribution >= 4 is 33.0 Å². The Kier molecular flexibility index (Phi) is 5.21. The van der Waals surface area contributed by atoms with Crippen LogP contribution in [0.1, 0.15) is 5.56 Å². The topological polar surface area (TPSA) is 59.5 Å². The van der Waals surface area contributed by atoms with Gasteiger partial charge in [-0.2, -0.15) is 4.31 Å². The molecule has 8 heteroatoms. The van der Waals surface area contributed by atoms with Gasteiger partial charge in [0.1, 0.15) is 12.4 Å². The highest BCUT2D eigenvalue weighted by molar-refractivity contribution is 7.91. The molecule has 0 aliphatic heterocycles. The molecule has 2 rings (SSSR count). The highest BCUT2D eigenvalue weighted by Gasteiger charge is 2.23. The van der Waals surface area contributed by atoms with E-state index in [2.05, 4.69) is 4.98 Å². The summed E-state index contributed by atoms with van der Waals surface area (Å²) in [6.07, 6.45) is 1.26. The standard InChI is InChI=1S/C13H15ClN2O3S2/c1-10-4-3-5-11(8-10)19-7-6-16(2)21(17,18)12-9-15-13(14)20-12/h3-5,8-9H,6-7H2,1-2H3. The molecule has 114 valence electrons. The van der Waals surface area contributed by atoms with Gasteiger partial charge in [-0.25, -0.2) is 13.4 Å². The maximum Gasteiger partial charge on any atom is 0.254 e. The second kappa shape index (κ2) is 6.74. The minimum absolute atomic E-state index is 0.130. The molecule has 0 unspecified atom stereocenters. The molecule has 0 aliphatic carbocycles. The van der Waals surface area contributed by atoms with Gasteiger partial charge < -0.3 is 4.74 Å². The fourth-order valence-electron chi connectivity index (χ4n) is 1.63. The summed E-state index contributed by atoms with van der Waals surface area (Å²) in [6, 6.07) is 7.60. The van der Waals surface area contributed by atoms with Crippen LogP contribution >= 0.6 is 22.9 Å². The number of hydrogen-bond donors (Lipinski definition) is 0. The number of rotatable bonds is 6. The third-order valence-electron chi connectivity index (χ3n) is 2.79. The third kappa shape index (κ3) is 4.16. The van der Waals surface area contributed by atoms with Crippen molar-refractivity contribution < 1.29 is 13.2 Å². The predicted octanol–water partition coefficient (Wildman–Crippen LogP) is 2.80. The zero-order valence-corrected chi connectivity index (χ0v) is 14.0. The number of likely N-dealkylation sites (N-methyl/N-ethyl adjacent to an activating group) is 1. The molecule has 21 heavy (non-hydrogen) atoms. The number of ether oxygens (including phenoxy) is 1. The van der Waals surface area contributed by atoms with Crippen molar-refractivity contribution in [2.45, 2.75) is 11.1 Å². The van der Waals surface area contributed by atoms with Gasteiger partial charge in [0.15, 0.2) is 8.68 Å². The van der Waals surface area contributed by atoms with Crippen molar-refractivity contribution in [3.8, 4) is 5.75 Å². The Bertz CT molecular complexity index is 716. The van der Waals surface area contributed by atoms with Crippen LogP contribution in [0.4, 0.5) is 0 Å². The summed E-state index contributed by atoms with van der Waals surface area (Å²) in [5, 5.41) is 0. The molecule has 0 fully saturated rings. The van der Waals surface area contributed by atoms with E-state index in [1.807, 2.05) is 31.2 Å². The summed E-state index contributed by atoms with van der Waals surface area (Å²) in [6.45, 7) is 2.48. The monoisotopic (exact) mass is 346 g/mol. The van der Waals surface area contributed by atoms with E-state index in [1.54, 1.807) is 0 Å². The lowest BCUT2D eigenvalue weighted by Crippen LogP contribution is -2.30. The largest absolute Gasteiger partial charge is 0.492 e. The highest BCUT2D eigenvalue weighted by atomic mass is 35.5. The first-order valence-electron chi connectivity index (χ1n) is 6.17. The third-order valence-corrected chi connectivity index (χ3v) is 6.19. The molecule has 0 aliphatic rings. The summed E-state index contributed by atoms with van der Waals surface area (Å²) in [5.41, 5.74) is 1.09. The van der Waals surface area contributed by atoms with Crippen molar-refractivity contribution in [1.29, 1.82) is 0 Å². The van der Waals surface area contributed by atoms with Crippen LogP contribution in [-0.2, 0) is 10.0 Å². The normalized spacial score (nSPS) is 11.8. The second-order valence-electron chi connectivity index (χ2n) is 4.42. The van der Waals surface area contributed by atoms with Gasteiger partial charge in [0.25, 0.3) is 10.0 Å². The van der Waals surface area contributed by atoms with Crippen LogP contribution in [0, 0.1) is 6.92 Å². The van der Waals surface area contributed by atoms with Gasteiger partial charge in [-0.3, -0.25) is 0 Å². The highest BCUT2D eigenvalue weighted by Crippen LogP contribution is 2.24. The van der Waals surface area contributed by atoms with E-state index in [4.69, 9.17) is 16.3 Å². The number of sulfonamides is 1. The number of hydrogen-bond acceptors (Lipinski definition) is 5. The molecule has 1 aromatic heterocycles. The fraction of sp³-hybridized carbons (Fsp3) is 0.308. The van der Waals surface area contributed by atoms with Crippen molar-refractivity contribution in [3.63, 3.8) is 0 Å². The molecule has 0 saturated carbocycles. The molecule has 0 radical (unpaired) electrons. The van der Waals surface area contributed by atoms with Gasteiger partial charge in [0, 0.05) is 13.6 Å². The van der Waals surface area contributed by atoms with Gasteiger partial charge in [0.2, 0.25) is 0 Å². The number of nitrogens with zero attached hydrogens (tertiary/aromatic N) is 2. The van der Waals surface area contributed by atoms with Crippen LogP contribution in [0.15, 0.2) is 34.7 Å². The van der Waals surface area contributed by atoms with Crippen LogP contribution in [0.5, 0.6) is 5.75 Å². The van der Waals surface area contributed by atoms with E-state index in [0.29, 0.717) is 0 Å². The first-order chi connectivity index (χ1) is 9.89. The number of benzene rings is 1. The Morgan fingerprint density at radius 3 is 2.81 bits per heavy atom. The first kappa shape index (κ1) is 16.2. The van der Waals surface area contributed by atoms with Crippen LogP contribution in [0.3, 0.4) is 0 Å². The van der Waals surface area contributed by atoms with E-state index in [9.17, 15) is 8.42 Å². The minimum Gasteiger partial charge on any atom is -0.492 e. The average Bonchev–Trinajstić information content (AvgIpc) is 2.86. The molecular formula is C13H15ClN2O3S2. The van der Waals surface area contributed by atoms with Crippen molar-refractivity contribution in [2.24, 2.45) is 0 Å². The molecule has 0 atom stereocenters. The van der Waals surface area contributed by atoms with Crippen LogP contribution in [0.2, 0.25) is 4.47 Å². The molecule has 0 spiro atoms. The Hall–Kier alpha value is -1.15. The molecule has 5 nitrogen and oxygen atoms in total. The summed E-state index contributed by atoms with van der Waals surface area (Å²) < 4.78 is 31.6. The van der Waals surface area contributed by atoms with E-state index in [1.165, 1.54) is 17.5 Å². The van der Waals surface area contributed by atoms with E-state index in [-0.39, 0.29) is 21.8 Å². The predicted molar refractivity (Wildman–Crippen MR) is 83.6 cm³/mol. The number of aryl methyl sites for hydroxylation is 1. The Morgan fingerprint density at radius 2 is 2.19 bits per heavy atom. The van der Waals surface area contributed by atoms with Gasteiger partial charge in [0.05, 0.1) is 6.20 Å². The smallest absolute Gasteiger partial charge is 0.254 e. The summed E-state index contributed by atoms with van der Waals surface area (Å²) in [5.74, 6) is 0.724. The molecule has 0 saturated heterocycles. The van der Waals surface area contributed by atoms with Crippen molar-refractivity contribution in [1.82, 2.24) is 9.29 Å². The van der Waals surface area contributed by atoms with Crippen molar-refractivity contribution in [3.05, 3.63) is 40.5 Å². The molecular weight excluding hydrogens is 332 g/mol. The first-order valence-corrected chi connectivity index (χ1v) is 8.80. The molecule has 2 aromatic rings. The van der Waals surface area contributed by atoms with Gasteiger partial charge in [-0.1, -0.05) is 35.1 Å². The minimum atomic E-state index is -3.56. The number of halogens is 1. The van der Waals surface area contributed by atoms with Crippen LogP contribution in [-0.4, -0.2) is 37.9 Å². The quantitative estimate of drug-likeness (QED) is 0.807. The lowest BCUT2D eigenvalue weighted by Gasteiger charge is -2.16. The molecule has 0 N–H and O–H groups in total. The molecule has 0 amide bonds. The van der Waals surface area contributed by atoms with Gasteiger partial charge in [-0.15, -0.1) is 0 Å². The zero-order valence-electron chi connectivity index (χ0n) is 11.6. The Morgan fingerprint density at radius 1 is 1.43 bits per heavy atom. The zero-order chi connectivity index (χ0) is 15.5. The van der Waals surface area contributed by atoms with Crippen LogP contribution < -0.4 is 4.74 Å².